The lowest BCUT2D eigenvalue weighted by Gasteiger charge is -2.20. The molecular formula is C72H62O6. The van der Waals surface area contributed by atoms with Crippen LogP contribution < -0.4 is 28.4 Å². The molecule has 6 heteroatoms. The van der Waals surface area contributed by atoms with Crippen LogP contribution >= 0.6 is 0 Å². The molecule has 12 aromatic rings. The van der Waals surface area contributed by atoms with Crippen molar-refractivity contribution in [3.63, 3.8) is 0 Å². The molecule has 0 fully saturated rings. The highest BCUT2D eigenvalue weighted by molar-refractivity contribution is 6.14. The third kappa shape index (κ3) is 8.91. The van der Waals surface area contributed by atoms with Crippen LogP contribution in [-0.2, 0) is 0 Å². The summed E-state index contributed by atoms with van der Waals surface area (Å²) in [5.74, 6) is 4.99. The third-order valence-electron chi connectivity index (χ3n) is 14.9. The highest BCUT2D eigenvalue weighted by atomic mass is 16.5. The van der Waals surface area contributed by atoms with Crippen LogP contribution in [0.2, 0.25) is 0 Å². The van der Waals surface area contributed by atoms with Crippen LogP contribution in [0.3, 0.4) is 0 Å². The molecule has 0 saturated carbocycles. The van der Waals surface area contributed by atoms with Gasteiger partial charge in [-0.25, -0.2) is 0 Å². The number of benzene rings is 12. The molecule has 0 amide bonds. The summed E-state index contributed by atoms with van der Waals surface area (Å²) in [5, 5.41) is 13.4. The van der Waals surface area contributed by atoms with Gasteiger partial charge in [-0.1, -0.05) is 133 Å². The maximum atomic E-state index is 6.52. The number of fused-ring (bicyclic) bond motifs is 6. The smallest absolute Gasteiger partial charge is 0.127 e. The summed E-state index contributed by atoms with van der Waals surface area (Å²) in [4.78, 5) is 0. The first-order valence-corrected chi connectivity index (χ1v) is 27.5. The monoisotopic (exact) mass is 1020 g/mol. The number of rotatable bonds is 17. The van der Waals surface area contributed by atoms with Crippen molar-refractivity contribution in [3.05, 3.63) is 194 Å². The molecule has 12 rings (SSSR count). The largest absolute Gasteiger partial charge is 0.493 e. The van der Waals surface area contributed by atoms with Gasteiger partial charge in [0.25, 0.3) is 0 Å². The number of hydrogen-bond acceptors (Lipinski definition) is 6. The summed E-state index contributed by atoms with van der Waals surface area (Å²) in [6, 6.07) is 69.7. The van der Waals surface area contributed by atoms with E-state index in [-0.39, 0.29) is 0 Å². The van der Waals surface area contributed by atoms with Gasteiger partial charge in [0.2, 0.25) is 0 Å². The maximum absolute atomic E-state index is 6.52. The highest BCUT2D eigenvalue weighted by Crippen LogP contribution is 2.50. The Balaban J connectivity index is 0.962. The zero-order chi connectivity index (χ0) is 53.3. The zero-order valence-electron chi connectivity index (χ0n) is 45.2. The molecule has 0 unspecified atom stereocenters. The van der Waals surface area contributed by atoms with Gasteiger partial charge in [0.1, 0.15) is 34.5 Å². The SMILES string of the molecule is CCOc1ccc2ccccc2c1-c1c(OCC)ccc2cc(-c3ccc4c(-c5c(OCC)ccc6cc(-c7ccc8c(-c9c(OCC)ccc%10ccccc9%10)c(OCC)ccc8c7)ccc56)c(OCC)ccc4c3)ccc12. The van der Waals surface area contributed by atoms with E-state index in [0.717, 1.165) is 155 Å². The molecule has 0 saturated heterocycles. The van der Waals surface area contributed by atoms with Crippen molar-refractivity contribution < 1.29 is 28.4 Å². The Labute approximate surface area is 456 Å². The van der Waals surface area contributed by atoms with Gasteiger partial charge in [0.15, 0.2) is 0 Å². The molecule has 0 atom stereocenters. The van der Waals surface area contributed by atoms with Crippen LogP contribution in [0.25, 0.3) is 120 Å². The summed E-state index contributed by atoms with van der Waals surface area (Å²) in [6.07, 6.45) is 0. The van der Waals surface area contributed by atoms with E-state index in [1.165, 1.54) is 0 Å². The standard InChI is InChI=1S/C72H62O6/c1-7-73-61-35-25-45-17-13-15-19-55(45)67(61)69-57-31-21-47(41-51(57)27-37-63(69)75-9-3)49-23-33-59-53(43-49)29-39-65(77-11-5)71(59)72-60-34-24-50(44-54(60)30-40-66(72)78-12-6)48-22-32-58-52(42-48)28-38-64(76-10-4)70(58)68-56-20-16-14-18-46(56)26-36-62(68)74-8-2/h13-44H,7-12H2,1-6H3. The predicted octanol–water partition coefficient (Wildman–Crippen LogP) is 19.3. The molecule has 0 aliphatic rings. The van der Waals surface area contributed by atoms with E-state index in [2.05, 4.69) is 194 Å². The molecular weight excluding hydrogens is 961 g/mol. The molecule has 0 spiro atoms. The van der Waals surface area contributed by atoms with Crippen molar-refractivity contribution >= 4 is 64.6 Å². The zero-order valence-corrected chi connectivity index (χ0v) is 45.2. The van der Waals surface area contributed by atoms with Crippen LogP contribution in [0.4, 0.5) is 0 Å². The van der Waals surface area contributed by atoms with E-state index in [1.807, 2.05) is 41.5 Å². The van der Waals surface area contributed by atoms with Crippen LogP contribution in [0, 0.1) is 0 Å². The van der Waals surface area contributed by atoms with Gasteiger partial charge in [-0.3, -0.25) is 0 Å². The van der Waals surface area contributed by atoms with Crippen LogP contribution in [0.5, 0.6) is 34.5 Å². The first-order chi connectivity index (χ1) is 38.4. The Kier molecular flexibility index (Phi) is 13.8. The highest BCUT2D eigenvalue weighted by Gasteiger charge is 2.24. The van der Waals surface area contributed by atoms with Gasteiger partial charge in [0.05, 0.1) is 39.6 Å². The Morgan fingerprint density at radius 3 is 0.641 bits per heavy atom. The Hall–Kier alpha value is -9.00. The molecule has 12 aromatic carbocycles. The van der Waals surface area contributed by atoms with E-state index in [9.17, 15) is 0 Å². The molecule has 0 radical (unpaired) electrons. The van der Waals surface area contributed by atoms with Crippen molar-refractivity contribution in [3.8, 4) is 90.1 Å². The molecule has 0 bridgehead atoms. The molecule has 0 aliphatic heterocycles. The lowest BCUT2D eigenvalue weighted by atomic mass is 9.88. The molecule has 0 N–H and O–H groups in total. The first kappa shape index (κ1) is 49.9. The van der Waals surface area contributed by atoms with Crippen molar-refractivity contribution in [2.75, 3.05) is 39.6 Å². The minimum Gasteiger partial charge on any atom is -0.493 e. The van der Waals surface area contributed by atoms with Crippen molar-refractivity contribution in [1.29, 1.82) is 0 Å². The van der Waals surface area contributed by atoms with Gasteiger partial charge in [-0.2, -0.15) is 0 Å². The molecule has 0 aromatic heterocycles. The normalized spacial score (nSPS) is 11.5. The fraction of sp³-hybridized carbons (Fsp3) is 0.167. The molecule has 0 heterocycles. The van der Waals surface area contributed by atoms with E-state index in [0.29, 0.717) is 39.6 Å². The van der Waals surface area contributed by atoms with Gasteiger partial charge >= 0.3 is 0 Å². The van der Waals surface area contributed by atoms with Gasteiger partial charge in [-0.15, -0.1) is 0 Å². The van der Waals surface area contributed by atoms with Crippen molar-refractivity contribution in [2.24, 2.45) is 0 Å². The quantitative estimate of drug-likeness (QED) is 0.0906. The van der Waals surface area contributed by atoms with E-state index in [4.69, 9.17) is 28.4 Å². The van der Waals surface area contributed by atoms with Gasteiger partial charge in [0, 0.05) is 33.4 Å². The first-order valence-electron chi connectivity index (χ1n) is 27.5. The molecule has 78 heavy (non-hydrogen) atoms. The van der Waals surface area contributed by atoms with E-state index < -0.39 is 0 Å². The average Bonchev–Trinajstić information content (AvgIpc) is 3.54. The van der Waals surface area contributed by atoms with Crippen molar-refractivity contribution in [1.82, 2.24) is 0 Å². The van der Waals surface area contributed by atoms with Crippen LogP contribution in [0.15, 0.2) is 194 Å². The molecule has 6 nitrogen and oxygen atoms in total. The van der Waals surface area contributed by atoms with E-state index in [1.54, 1.807) is 0 Å². The second kappa shape index (κ2) is 21.6. The lowest BCUT2D eigenvalue weighted by molar-refractivity contribution is 0.337. The topological polar surface area (TPSA) is 55.4 Å². The Bertz CT molecular complexity index is 3980. The van der Waals surface area contributed by atoms with Gasteiger partial charge in [-0.05, 0) is 189 Å². The summed E-state index contributed by atoms with van der Waals surface area (Å²) < 4.78 is 38.4. The third-order valence-corrected chi connectivity index (χ3v) is 14.9. The van der Waals surface area contributed by atoms with Crippen molar-refractivity contribution in [2.45, 2.75) is 41.5 Å². The number of ether oxygens (including phenoxy) is 6. The fourth-order valence-corrected chi connectivity index (χ4v) is 11.7. The lowest BCUT2D eigenvalue weighted by Crippen LogP contribution is -2.00. The minimum atomic E-state index is 0.521. The summed E-state index contributed by atoms with van der Waals surface area (Å²) in [6.45, 7) is 15.5. The second-order valence-corrected chi connectivity index (χ2v) is 19.4. The summed E-state index contributed by atoms with van der Waals surface area (Å²) >= 11 is 0. The van der Waals surface area contributed by atoms with Gasteiger partial charge < -0.3 is 28.4 Å². The predicted molar refractivity (Wildman–Crippen MR) is 326 cm³/mol. The number of hydrogen-bond donors (Lipinski definition) is 0. The summed E-state index contributed by atoms with van der Waals surface area (Å²) in [7, 11) is 0. The average molecular weight is 1020 g/mol. The Morgan fingerprint density at radius 2 is 0.410 bits per heavy atom. The second-order valence-electron chi connectivity index (χ2n) is 19.4. The minimum absolute atomic E-state index is 0.521. The molecule has 0 aliphatic carbocycles. The van der Waals surface area contributed by atoms with E-state index >= 15 is 0 Å². The van der Waals surface area contributed by atoms with Crippen LogP contribution in [0.1, 0.15) is 41.5 Å². The maximum Gasteiger partial charge on any atom is 0.127 e. The summed E-state index contributed by atoms with van der Waals surface area (Å²) in [5.41, 5.74) is 10.7. The molecule has 386 valence electrons. The fourth-order valence-electron chi connectivity index (χ4n) is 11.7. The Morgan fingerprint density at radius 1 is 0.205 bits per heavy atom. The van der Waals surface area contributed by atoms with Crippen LogP contribution in [-0.4, -0.2) is 39.6 Å².